The molecule has 106 valence electrons. The molecule has 0 aromatic carbocycles. The van der Waals surface area contributed by atoms with E-state index in [-0.39, 0.29) is 11.6 Å². The van der Waals surface area contributed by atoms with Crippen molar-refractivity contribution in [2.45, 2.75) is 44.7 Å². The molecule has 1 unspecified atom stereocenters. The smallest absolute Gasteiger partial charge is 0.346 e. The van der Waals surface area contributed by atoms with Crippen LogP contribution < -0.4 is 5.73 Å². The predicted molar refractivity (Wildman–Crippen MR) is 77.2 cm³/mol. The van der Waals surface area contributed by atoms with E-state index in [2.05, 4.69) is 30.3 Å². The summed E-state index contributed by atoms with van der Waals surface area (Å²) in [5.41, 5.74) is 5.70. The molecule has 0 radical (unpaired) electrons. The van der Waals surface area contributed by atoms with Crippen LogP contribution in [-0.4, -0.2) is 52.9 Å². The second kappa shape index (κ2) is 5.33. The summed E-state index contributed by atoms with van der Waals surface area (Å²) in [6.07, 6.45) is 4.54. The molecule has 0 aromatic heterocycles. The Hall–Kier alpha value is -1.36. The molecule has 1 saturated heterocycles. The molecule has 1 spiro atoms. The lowest BCUT2D eigenvalue weighted by atomic mass is 9.88. The van der Waals surface area contributed by atoms with Gasteiger partial charge in [0, 0.05) is 19.1 Å². The average molecular weight is 264 g/mol. The zero-order chi connectivity index (χ0) is 14.0. The molecule has 2 heterocycles. The number of hydrogen-bond donors (Lipinski definition) is 1. The van der Waals surface area contributed by atoms with Crippen molar-refractivity contribution in [3.05, 3.63) is 12.7 Å². The van der Waals surface area contributed by atoms with Gasteiger partial charge in [-0.3, -0.25) is 0 Å². The number of rotatable bonds is 3. The normalized spacial score (nSPS) is 28.9. The number of likely N-dealkylation sites (tertiary alicyclic amines) is 1. The van der Waals surface area contributed by atoms with E-state index in [9.17, 15) is 4.79 Å². The van der Waals surface area contributed by atoms with Crippen LogP contribution in [-0.2, 0) is 0 Å². The van der Waals surface area contributed by atoms with Crippen LogP contribution in [0.2, 0.25) is 0 Å². The van der Waals surface area contributed by atoms with Crippen molar-refractivity contribution in [3.8, 4) is 0 Å². The van der Waals surface area contributed by atoms with E-state index in [1.165, 1.54) is 0 Å². The van der Waals surface area contributed by atoms with Gasteiger partial charge in [-0.2, -0.15) is 4.99 Å². The van der Waals surface area contributed by atoms with Gasteiger partial charge in [0.2, 0.25) is 0 Å². The summed E-state index contributed by atoms with van der Waals surface area (Å²) in [4.78, 5) is 20.2. The first kappa shape index (κ1) is 14.1. The number of amidine groups is 1. The van der Waals surface area contributed by atoms with Crippen LogP contribution in [0.15, 0.2) is 17.6 Å². The molecule has 2 N–H and O–H groups in total. The maximum absolute atomic E-state index is 12.0. The van der Waals surface area contributed by atoms with E-state index in [1.807, 2.05) is 0 Å². The highest BCUT2D eigenvalue weighted by molar-refractivity contribution is 6.05. The molecule has 0 bridgehead atoms. The van der Waals surface area contributed by atoms with Gasteiger partial charge in [0.05, 0.1) is 0 Å². The van der Waals surface area contributed by atoms with Crippen LogP contribution in [0.25, 0.3) is 0 Å². The summed E-state index contributed by atoms with van der Waals surface area (Å²) in [7, 11) is 0. The number of nitrogens with zero attached hydrogens (tertiary/aromatic N) is 3. The Bertz CT molecular complexity index is 404. The van der Waals surface area contributed by atoms with Crippen LogP contribution in [0.5, 0.6) is 0 Å². The number of nitrogens with two attached hydrogens (primary N) is 1. The van der Waals surface area contributed by atoms with Crippen LogP contribution in [0.1, 0.15) is 33.1 Å². The highest BCUT2D eigenvalue weighted by Gasteiger charge is 2.48. The molecule has 19 heavy (non-hydrogen) atoms. The SMILES string of the molecule is C=CCN1C(=O)N=C(N)C12CCCN(C(C)C)CC2. The van der Waals surface area contributed by atoms with E-state index in [4.69, 9.17) is 5.73 Å². The molecule has 5 nitrogen and oxygen atoms in total. The molecule has 2 aliphatic rings. The van der Waals surface area contributed by atoms with Crippen molar-refractivity contribution in [3.63, 3.8) is 0 Å². The first-order valence-electron chi connectivity index (χ1n) is 7.02. The zero-order valence-corrected chi connectivity index (χ0v) is 11.9. The minimum atomic E-state index is -0.380. The number of carbonyl (C=O) groups excluding carboxylic acids is 1. The summed E-state index contributed by atoms with van der Waals surface area (Å²) in [5.74, 6) is 0.491. The van der Waals surface area contributed by atoms with Gasteiger partial charge < -0.3 is 15.5 Å². The number of hydrogen-bond acceptors (Lipinski definition) is 3. The van der Waals surface area contributed by atoms with Crippen molar-refractivity contribution >= 4 is 11.9 Å². The molecule has 0 aliphatic carbocycles. The standard InChI is InChI=1S/C14H24N4O/c1-4-8-18-13(19)16-12(15)14(18)6-5-9-17(10-7-14)11(2)3/h4,11H,1,5-10H2,2-3H3,(H2,15,16,19). The minimum Gasteiger partial charge on any atom is -0.385 e. The van der Waals surface area contributed by atoms with Gasteiger partial charge in [-0.05, 0) is 39.7 Å². The third-order valence-electron chi connectivity index (χ3n) is 4.33. The van der Waals surface area contributed by atoms with Crippen molar-refractivity contribution in [1.29, 1.82) is 0 Å². The summed E-state index contributed by atoms with van der Waals surface area (Å²) < 4.78 is 0. The molecule has 2 amide bonds. The summed E-state index contributed by atoms with van der Waals surface area (Å²) >= 11 is 0. The Kier molecular flexibility index (Phi) is 3.94. The lowest BCUT2D eigenvalue weighted by molar-refractivity contribution is 0.165. The van der Waals surface area contributed by atoms with Crippen molar-refractivity contribution in [1.82, 2.24) is 9.80 Å². The number of aliphatic imine (C=N–C) groups is 1. The molecule has 1 atom stereocenters. The Morgan fingerprint density at radius 2 is 2.21 bits per heavy atom. The van der Waals surface area contributed by atoms with E-state index >= 15 is 0 Å². The fourth-order valence-electron chi connectivity index (χ4n) is 3.15. The number of carbonyl (C=O) groups is 1. The molecular weight excluding hydrogens is 240 g/mol. The lowest BCUT2D eigenvalue weighted by Crippen LogP contribution is -2.54. The monoisotopic (exact) mass is 264 g/mol. The molecule has 2 aliphatic heterocycles. The first-order chi connectivity index (χ1) is 9.01. The van der Waals surface area contributed by atoms with Gasteiger partial charge in [-0.15, -0.1) is 6.58 Å². The average Bonchev–Trinajstić information content (AvgIpc) is 2.56. The largest absolute Gasteiger partial charge is 0.385 e. The van der Waals surface area contributed by atoms with Gasteiger partial charge in [0.1, 0.15) is 11.4 Å². The van der Waals surface area contributed by atoms with E-state index in [0.717, 1.165) is 32.4 Å². The fraction of sp³-hybridized carbons (Fsp3) is 0.714. The number of urea groups is 1. The topological polar surface area (TPSA) is 61.9 Å². The molecule has 0 aromatic rings. The van der Waals surface area contributed by atoms with Gasteiger partial charge in [-0.25, -0.2) is 4.79 Å². The third-order valence-corrected chi connectivity index (χ3v) is 4.33. The van der Waals surface area contributed by atoms with Crippen molar-refractivity contribution < 1.29 is 4.79 Å². The lowest BCUT2D eigenvalue weighted by Gasteiger charge is -2.37. The van der Waals surface area contributed by atoms with Crippen molar-refractivity contribution in [2.24, 2.45) is 10.7 Å². The molecular formula is C14H24N4O. The van der Waals surface area contributed by atoms with Crippen LogP contribution >= 0.6 is 0 Å². The van der Waals surface area contributed by atoms with Crippen LogP contribution in [0.4, 0.5) is 4.79 Å². The zero-order valence-electron chi connectivity index (χ0n) is 11.9. The highest BCUT2D eigenvalue weighted by Crippen LogP contribution is 2.34. The van der Waals surface area contributed by atoms with Gasteiger partial charge in [0.15, 0.2) is 0 Å². The fourth-order valence-corrected chi connectivity index (χ4v) is 3.15. The summed E-state index contributed by atoms with van der Waals surface area (Å²) in [6.45, 7) is 10.7. The Labute approximate surface area is 115 Å². The minimum absolute atomic E-state index is 0.213. The Morgan fingerprint density at radius 3 is 2.84 bits per heavy atom. The maximum Gasteiger partial charge on any atom is 0.346 e. The summed E-state index contributed by atoms with van der Waals surface area (Å²) in [5, 5.41) is 0. The van der Waals surface area contributed by atoms with E-state index in [1.54, 1.807) is 11.0 Å². The van der Waals surface area contributed by atoms with E-state index in [0.29, 0.717) is 18.4 Å². The molecule has 5 heteroatoms. The first-order valence-corrected chi connectivity index (χ1v) is 7.02. The Morgan fingerprint density at radius 1 is 1.47 bits per heavy atom. The predicted octanol–water partition coefficient (Wildman–Crippen LogP) is 1.60. The summed E-state index contributed by atoms with van der Waals surface area (Å²) in [6, 6.07) is 0.314. The van der Waals surface area contributed by atoms with Gasteiger partial charge >= 0.3 is 6.03 Å². The van der Waals surface area contributed by atoms with Gasteiger partial charge in [-0.1, -0.05) is 6.08 Å². The Balaban J connectivity index is 2.22. The highest BCUT2D eigenvalue weighted by atomic mass is 16.2. The van der Waals surface area contributed by atoms with E-state index < -0.39 is 0 Å². The molecule has 1 fully saturated rings. The van der Waals surface area contributed by atoms with Crippen LogP contribution in [0, 0.1) is 0 Å². The third kappa shape index (κ3) is 2.39. The quantitative estimate of drug-likeness (QED) is 0.788. The number of amides is 2. The second-order valence-electron chi connectivity index (χ2n) is 5.69. The van der Waals surface area contributed by atoms with Gasteiger partial charge in [0.25, 0.3) is 0 Å². The second-order valence-corrected chi connectivity index (χ2v) is 5.69. The molecule has 2 rings (SSSR count). The maximum atomic E-state index is 12.0. The molecule has 0 saturated carbocycles. The van der Waals surface area contributed by atoms with Crippen molar-refractivity contribution in [2.75, 3.05) is 19.6 Å². The van der Waals surface area contributed by atoms with Crippen LogP contribution in [0.3, 0.4) is 0 Å².